The van der Waals surface area contributed by atoms with E-state index >= 15 is 0 Å². The second-order valence-corrected chi connectivity index (χ2v) is 9.20. The van der Waals surface area contributed by atoms with Gasteiger partial charge in [0.25, 0.3) is 0 Å². The summed E-state index contributed by atoms with van der Waals surface area (Å²) in [6.07, 6.45) is -1.91. The summed E-state index contributed by atoms with van der Waals surface area (Å²) in [5, 5.41) is 7.00. The largest absolute Gasteiger partial charge is 0.433 e. The Kier molecular flexibility index (Phi) is 4.26. The van der Waals surface area contributed by atoms with Crippen molar-refractivity contribution in [1.29, 1.82) is 0 Å². The van der Waals surface area contributed by atoms with E-state index in [4.69, 9.17) is 0 Å². The number of pyridine rings is 1. The lowest BCUT2D eigenvalue weighted by atomic mass is 9.98. The van der Waals surface area contributed by atoms with Gasteiger partial charge in [-0.05, 0) is 42.3 Å². The van der Waals surface area contributed by atoms with Crippen molar-refractivity contribution in [2.45, 2.75) is 36.5 Å². The number of alkyl halides is 3. The van der Waals surface area contributed by atoms with Crippen LogP contribution in [0.5, 0.6) is 0 Å². The molecule has 0 saturated carbocycles. The minimum atomic E-state index is -4.65. The number of aromatic amines is 1. The molecule has 2 aromatic heterocycles. The molecule has 2 aliphatic rings. The van der Waals surface area contributed by atoms with Crippen LogP contribution < -0.4 is 0 Å². The van der Waals surface area contributed by atoms with Crippen LogP contribution in [0, 0.1) is 11.8 Å². The Hall–Kier alpha value is -3.16. The predicted molar refractivity (Wildman–Crippen MR) is 104 cm³/mol. The number of rotatable bonds is 2. The molecule has 0 amide bonds. The number of nitrogens with zero attached hydrogens (tertiary/aromatic N) is 3. The average Bonchev–Trinajstić information content (AvgIpc) is 3.29. The maximum Gasteiger partial charge on any atom is 0.433 e. The van der Waals surface area contributed by atoms with Crippen LogP contribution in [0.25, 0.3) is 0 Å². The van der Waals surface area contributed by atoms with Gasteiger partial charge in [0.1, 0.15) is 10.6 Å². The maximum atomic E-state index is 13.6. The van der Waals surface area contributed by atoms with Gasteiger partial charge in [0.05, 0.1) is 18.3 Å². The smallest absolute Gasteiger partial charge is 0.282 e. The zero-order valence-electron chi connectivity index (χ0n) is 16.1. The first kappa shape index (κ1) is 19.8. The van der Waals surface area contributed by atoms with E-state index < -0.39 is 34.0 Å². The van der Waals surface area contributed by atoms with Crippen LogP contribution in [0.3, 0.4) is 0 Å². The van der Waals surface area contributed by atoms with Crippen molar-refractivity contribution in [1.82, 2.24) is 19.5 Å². The van der Waals surface area contributed by atoms with Gasteiger partial charge in [-0.15, -0.1) is 5.92 Å². The number of hydrogen-bond acceptors (Lipinski definition) is 4. The highest BCUT2D eigenvalue weighted by atomic mass is 32.2. The molecule has 10 heteroatoms. The number of sulfonamides is 1. The lowest BCUT2D eigenvalue weighted by Gasteiger charge is -2.33. The van der Waals surface area contributed by atoms with Gasteiger partial charge in [-0.25, -0.2) is 8.42 Å². The minimum absolute atomic E-state index is 0.288. The summed E-state index contributed by atoms with van der Waals surface area (Å²) in [7, 11) is -4.15. The van der Waals surface area contributed by atoms with Gasteiger partial charge in [0.2, 0.25) is 10.0 Å². The standard InChI is InChI=1S/C21H15F3N4O2S/c1-2-3-12-4-6-14-15(8-12)20-16-11-26-27-17(16)9-18(14)28(20)31(29,30)13-5-7-19(25-10-13)21(22,23)24/h4-8,10-11,18,20H,9H2,1H3,(H,26,27)/t18-,20+/m0/s1. The third-order valence-electron chi connectivity index (χ3n) is 5.62. The second-order valence-electron chi connectivity index (χ2n) is 7.36. The SMILES string of the molecule is CC#Cc1ccc2c(c1)[C@@H]1c3cn[nH]c3C[C@@H]2N1S(=O)(=O)c1ccc(C(F)(F)F)nc1. The summed E-state index contributed by atoms with van der Waals surface area (Å²) in [6.45, 7) is 1.72. The lowest BCUT2D eigenvalue weighted by Crippen LogP contribution is -2.37. The van der Waals surface area contributed by atoms with E-state index in [1.165, 1.54) is 4.31 Å². The third kappa shape index (κ3) is 2.96. The Labute approximate surface area is 176 Å². The van der Waals surface area contributed by atoms with E-state index in [1.54, 1.807) is 13.1 Å². The van der Waals surface area contributed by atoms with Crippen LogP contribution >= 0.6 is 0 Å². The van der Waals surface area contributed by atoms with Crippen LogP contribution in [-0.4, -0.2) is 27.9 Å². The molecule has 0 spiro atoms. The Morgan fingerprint density at radius 3 is 2.61 bits per heavy atom. The van der Waals surface area contributed by atoms with Crippen molar-refractivity contribution in [2.24, 2.45) is 0 Å². The fourth-order valence-electron chi connectivity index (χ4n) is 4.34. The zero-order chi connectivity index (χ0) is 22.0. The summed E-state index contributed by atoms with van der Waals surface area (Å²) in [5.74, 6) is 5.82. The molecule has 158 valence electrons. The first-order valence-electron chi connectivity index (χ1n) is 9.37. The molecule has 2 aliphatic heterocycles. The first-order chi connectivity index (χ1) is 14.7. The molecule has 0 unspecified atom stereocenters. The van der Waals surface area contributed by atoms with Crippen molar-refractivity contribution in [2.75, 3.05) is 0 Å². The number of halogens is 3. The third-order valence-corrected chi connectivity index (χ3v) is 7.47. The number of hydrogen-bond donors (Lipinski definition) is 1. The molecule has 0 fully saturated rings. The monoisotopic (exact) mass is 444 g/mol. The van der Waals surface area contributed by atoms with Crippen LogP contribution in [0.2, 0.25) is 0 Å². The lowest BCUT2D eigenvalue weighted by molar-refractivity contribution is -0.141. The normalized spacial score (nSPS) is 20.0. The van der Waals surface area contributed by atoms with E-state index in [2.05, 4.69) is 27.0 Å². The molecule has 3 aromatic rings. The van der Waals surface area contributed by atoms with E-state index in [0.29, 0.717) is 12.5 Å². The maximum absolute atomic E-state index is 13.6. The van der Waals surface area contributed by atoms with E-state index in [-0.39, 0.29) is 4.90 Å². The number of H-pyrrole nitrogens is 1. The van der Waals surface area contributed by atoms with Crippen molar-refractivity contribution >= 4 is 10.0 Å². The Morgan fingerprint density at radius 2 is 1.94 bits per heavy atom. The molecule has 6 nitrogen and oxygen atoms in total. The molecule has 4 heterocycles. The van der Waals surface area contributed by atoms with Crippen molar-refractivity contribution < 1.29 is 21.6 Å². The van der Waals surface area contributed by atoms with Crippen molar-refractivity contribution in [3.8, 4) is 11.8 Å². The van der Waals surface area contributed by atoms with Crippen molar-refractivity contribution in [3.63, 3.8) is 0 Å². The summed E-state index contributed by atoms with van der Waals surface area (Å²) < 4.78 is 67.1. The number of benzene rings is 1. The molecular formula is C21H15F3N4O2S. The van der Waals surface area contributed by atoms with Gasteiger partial charge in [-0.2, -0.15) is 22.6 Å². The summed E-state index contributed by atoms with van der Waals surface area (Å²) in [5.41, 5.74) is 2.82. The van der Waals surface area contributed by atoms with Crippen LogP contribution in [0.4, 0.5) is 13.2 Å². The highest BCUT2D eigenvalue weighted by Crippen LogP contribution is 2.53. The highest BCUT2D eigenvalue weighted by molar-refractivity contribution is 7.89. The molecule has 31 heavy (non-hydrogen) atoms. The van der Waals surface area contributed by atoms with E-state index in [0.717, 1.165) is 40.2 Å². The molecule has 0 radical (unpaired) electrons. The van der Waals surface area contributed by atoms with Gasteiger partial charge in [0.15, 0.2) is 0 Å². The zero-order valence-corrected chi connectivity index (χ0v) is 16.9. The molecule has 5 rings (SSSR count). The molecule has 1 N–H and O–H groups in total. The highest BCUT2D eigenvalue weighted by Gasteiger charge is 2.51. The summed E-state index contributed by atoms with van der Waals surface area (Å²) >= 11 is 0. The van der Waals surface area contributed by atoms with Crippen LogP contribution in [0.15, 0.2) is 47.6 Å². The molecule has 2 bridgehead atoms. The summed E-state index contributed by atoms with van der Waals surface area (Å²) in [4.78, 5) is 3.05. The number of aromatic nitrogens is 3. The van der Waals surface area contributed by atoms with Crippen molar-refractivity contribution in [3.05, 3.63) is 76.4 Å². The van der Waals surface area contributed by atoms with Crippen LogP contribution in [0.1, 0.15) is 52.6 Å². The van der Waals surface area contributed by atoms with E-state index in [9.17, 15) is 21.6 Å². The van der Waals surface area contributed by atoms with Crippen LogP contribution in [-0.2, 0) is 22.6 Å². The minimum Gasteiger partial charge on any atom is -0.282 e. The van der Waals surface area contributed by atoms with Gasteiger partial charge >= 0.3 is 6.18 Å². The average molecular weight is 444 g/mol. The molecule has 0 saturated heterocycles. The molecule has 1 aromatic carbocycles. The predicted octanol–water partition coefficient (Wildman–Crippen LogP) is 3.59. The Morgan fingerprint density at radius 1 is 1.13 bits per heavy atom. The Balaban J connectivity index is 1.65. The van der Waals surface area contributed by atoms with E-state index in [1.807, 2.05) is 18.2 Å². The molecule has 2 atom stereocenters. The number of nitrogens with one attached hydrogen (secondary N) is 1. The van der Waals surface area contributed by atoms with Gasteiger partial charge < -0.3 is 0 Å². The number of fused-ring (bicyclic) bond motifs is 7. The second kappa shape index (κ2) is 6.67. The fraction of sp³-hybridized carbons (Fsp3) is 0.238. The van der Waals surface area contributed by atoms with Gasteiger partial charge in [0, 0.05) is 29.4 Å². The first-order valence-corrected chi connectivity index (χ1v) is 10.8. The molecular weight excluding hydrogens is 429 g/mol. The van der Waals surface area contributed by atoms with Gasteiger partial charge in [-0.3, -0.25) is 10.1 Å². The molecule has 0 aliphatic carbocycles. The summed E-state index contributed by atoms with van der Waals surface area (Å²) in [6, 6.07) is 6.06. The van der Waals surface area contributed by atoms with Gasteiger partial charge in [-0.1, -0.05) is 12.0 Å². The Bertz CT molecular complexity index is 1350. The fourth-order valence-corrected chi connectivity index (χ4v) is 6.04. The topological polar surface area (TPSA) is 79.0 Å². The quantitative estimate of drug-likeness (QED) is 0.613.